The molecule has 0 aromatic carbocycles. The predicted octanol–water partition coefficient (Wildman–Crippen LogP) is 0.962. The van der Waals surface area contributed by atoms with Crippen LogP contribution in [0, 0.1) is 10.7 Å². The second-order valence-corrected chi connectivity index (χ2v) is 2.45. The minimum atomic E-state index is -1.27. The van der Waals surface area contributed by atoms with Crippen LogP contribution in [-0.2, 0) is 0 Å². The molecule has 0 aliphatic heterocycles. The van der Waals surface area contributed by atoms with Crippen molar-refractivity contribution in [1.29, 1.82) is 5.26 Å². The molecule has 0 spiro atoms. The lowest BCUT2D eigenvalue weighted by Crippen LogP contribution is -1.72. The third kappa shape index (κ3) is 2.06. The highest BCUT2D eigenvalue weighted by Gasteiger charge is 1.83. The van der Waals surface area contributed by atoms with Gasteiger partial charge in [-0.1, -0.05) is 18.1 Å². The van der Waals surface area contributed by atoms with Crippen LogP contribution in [0.3, 0.4) is 0 Å². The minimum absolute atomic E-state index is 0.589. The number of hydrogen-bond donors (Lipinski definition) is 2. The summed E-state index contributed by atoms with van der Waals surface area (Å²) in [6, 6.07) is 0. The van der Waals surface area contributed by atoms with Gasteiger partial charge in [0.2, 0.25) is 0 Å². The molecule has 0 saturated carbocycles. The number of thiocyanates is 1. The summed E-state index contributed by atoms with van der Waals surface area (Å²) < 4.78 is 8.37. The van der Waals surface area contributed by atoms with Gasteiger partial charge >= 0.3 is 0 Å². The maximum absolute atomic E-state index is 8.37. The predicted molar refractivity (Wildman–Crippen MR) is 27.8 cm³/mol. The molecule has 6 heavy (non-hydrogen) atoms. The van der Waals surface area contributed by atoms with Crippen LogP contribution in [0.15, 0.2) is 0 Å². The Morgan fingerprint density at radius 3 is 2.50 bits per heavy atom. The molecule has 0 aromatic heterocycles. The summed E-state index contributed by atoms with van der Waals surface area (Å²) in [4.78, 5) is 0. The smallest absolute Gasteiger partial charge is 0.134 e. The van der Waals surface area contributed by atoms with Crippen LogP contribution in [0.2, 0.25) is 0 Å². The van der Waals surface area contributed by atoms with Crippen molar-refractivity contribution in [2.24, 2.45) is 0 Å². The van der Waals surface area contributed by atoms with E-state index in [1.165, 1.54) is 0 Å². The molecule has 0 aromatic rings. The summed E-state index contributed by atoms with van der Waals surface area (Å²) in [6.45, 7) is 1.79. The Labute approximate surface area is 40.0 Å². The van der Waals surface area contributed by atoms with Gasteiger partial charge in [0.05, 0.1) is 0 Å². The molecule has 0 bridgehead atoms. The largest absolute Gasteiger partial charge is 0.341 e. The third-order valence-corrected chi connectivity index (χ3v) is 1.24. The lowest BCUT2D eigenvalue weighted by molar-refractivity contribution is 0.656. The summed E-state index contributed by atoms with van der Waals surface area (Å²) in [7, 11) is 0. The van der Waals surface area contributed by atoms with Gasteiger partial charge in [-0.15, -0.1) is 0 Å². The van der Waals surface area contributed by atoms with Crippen LogP contribution in [0.1, 0.15) is 6.92 Å². The van der Waals surface area contributed by atoms with Crippen molar-refractivity contribution in [2.75, 3.05) is 5.75 Å². The van der Waals surface area contributed by atoms with Crippen molar-refractivity contribution in [3.05, 3.63) is 0 Å². The zero-order valence-corrected chi connectivity index (χ0v) is 4.44. The highest BCUT2D eigenvalue weighted by molar-refractivity contribution is 8.16. The van der Waals surface area contributed by atoms with E-state index in [9.17, 15) is 0 Å². The van der Waals surface area contributed by atoms with Crippen molar-refractivity contribution in [3.63, 3.8) is 0 Å². The number of thiol groups is 1. The van der Waals surface area contributed by atoms with Gasteiger partial charge in [-0.2, -0.15) is 5.26 Å². The summed E-state index contributed by atoms with van der Waals surface area (Å²) in [6.07, 6.45) is 0. The monoisotopic (exact) mass is 105 g/mol. The van der Waals surface area contributed by atoms with E-state index in [0.717, 1.165) is 0 Å². The molecular formula is C3H7NOS. The van der Waals surface area contributed by atoms with Gasteiger partial charge in [0.25, 0.3) is 0 Å². The molecule has 0 fully saturated rings. The molecule has 0 aliphatic carbocycles. The molecule has 0 heterocycles. The number of rotatable bonds is 1. The zero-order valence-electron chi connectivity index (χ0n) is 3.55. The van der Waals surface area contributed by atoms with E-state index in [1.54, 1.807) is 12.3 Å². The van der Waals surface area contributed by atoms with Crippen LogP contribution in [-0.4, -0.2) is 10.3 Å². The molecule has 1 atom stereocenters. The molecule has 3 heteroatoms. The fraction of sp³-hybridized carbons (Fsp3) is 0.667. The average molecular weight is 105 g/mol. The van der Waals surface area contributed by atoms with E-state index < -0.39 is 11.2 Å². The summed E-state index contributed by atoms with van der Waals surface area (Å²) in [5.41, 5.74) is 0. The van der Waals surface area contributed by atoms with Gasteiger partial charge in [-0.25, -0.2) is 0 Å². The van der Waals surface area contributed by atoms with Gasteiger partial charge in [-0.3, -0.25) is 0 Å². The molecular weight excluding hydrogens is 98.1 g/mol. The van der Waals surface area contributed by atoms with Gasteiger partial charge in [-0.05, 0) is 0 Å². The molecule has 0 amide bonds. The van der Waals surface area contributed by atoms with Gasteiger partial charge < -0.3 is 4.55 Å². The first kappa shape index (κ1) is 5.80. The highest BCUT2D eigenvalue weighted by Crippen LogP contribution is 2.12. The van der Waals surface area contributed by atoms with E-state index in [-0.39, 0.29) is 0 Å². The normalized spacial score (nSPS) is 15.8. The van der Waals surface area contributed by atoms with Gasteiger partial charge in [0, 0.05) is 5.75 Å². The second kappa shape index (κ2) is 3.01. The Balaban J connectivity index is 3.04. The fourth-order valence-corrected chi connectivity index (χ4v) is 0.212. The molecule has 2 nitrogen and oxygen atoms in total. The van der Waals surface area contributed by atoms with Crippen molar-refractivity contribution in [3.8, 4) is 5.40 Å². The maximum atomic E-state index is 8.37. The van der Waals surface area contributed by atoms with Crippen LogP contribution >= 0.6 is 11.2 Å². The topological polar surface area (TPSA) is 44.0 Å². The average Bonchev–Trinajstić information content (AvgIpc) is 1.65. The Hall–Kier alpha value is -0.200. The molecule has 0 aliphatic rings. The lowest BCUT2D eigenvalue weighted by Gasteiger charge is -1.93. The first-order chi connectivity index (χ1) is 2.81. The number of nitrogens with zero attached hydrogens (tertiary/aromatic N) is 1. The third-order valence-electron chi connectivity index (χ3n) is 0.415. The summed E-state index contributed by atoms with van der Waals surface area (Å²) >= 11 is -1.27. The quantitative estimate of drug-likeness (QED) is 0.385. The zero-order chi connectivity index (χ0) is 4.99. The second-order valence-electron chi connectivity index (χ2n) is 0.816. The molecule has 0 saturated heterocycles. The Bertz CT molecular complexity index is 67.7. The minimum Gasteiger partial charge on any atom is -0.341 e. The van der Waals surface area contributed by atoms with E-state index >= 15 is 0 Å². The van der Waals surface area contributed by atoms with Crippen LogP contribution in [0.25, 0.3) is 0 Å². The Morgan fingerprint density at radius 2 is 2.50 bits per heavy atom. The molecule has 1 unspecified atom stereocenters. The molecule has 36 valence electrons. The van der Waals surface area contributed by atoms with Crippen molar-refractivity contribution >= 4 is 11.2 Å². The molecule has 1 N–H and O–H groups in total. The van der Waals surface area contributed by atoms with E-state index in [0.29, 0.717) is 5.75 Å². The SMILES string of the molecule is CC[SH](O)C#N. The first-order valence-electron chi connectivity index (χ1n) is 1.67. The maximum Gasteiger partial charge on any atom is 0.134 e. The standard InChI is InChI=1S/C3H7NOS/c1-2-6(5)3-4/h5-6H,2H2,1H3. The van der Waals surface area contributed by atoms with E-state index in [2.05, 4.69) is 0 Å². The van der Waals surface area contributed by atoms with Crippen LogP contribution < -0.4 is 0 Å². The fourth-order valence-electron chi connectivity index (χ4n) is 0.0707. The van der Waals surface area contributed by atoms with Crippen molar-refractivity contribution in [2.45, 2.75) is 6.92 Å². The van der Waals surface area contributed by atoms with Crippen LogP contribution in [0.4, 0.5) is 0 Å². The van der Waals surface area contributed by atoms with Gasteiger partial charge in [0.15, 0.2) is 0 Å². The number of nitriles is 1. The summed E-state index contributed by atoms with van der Waals surface area (Å²) in [5.74, 6) is 0.589. The Kier molecular flexibility index (Phi) is 2.91. The summed E-state index contributed by atoms with van der Waals surface area (Å²) in [5, 5.41) is 9.60. The number of hydrogen-bond acceptors (Lipinski definition) is 2. The molecule has 0 rings (SSSR count). The van der Waals surface area contributed by atoms with Crippen LogP contribution in [0.5, 0.6) is 0 Å². The van der Waals surface area contributed by atoms with E-state index in [1.807, 2.05) is 0 Å². The van der Waals surface area contributed by atoms with Gasteiger partial charge in [0.1, 0.15) is 5.40 Å². The lowest BCUT2D eigenvalue weighted by atomic mass is 11.0. The van der Waals surface area contributed by atoms with Crippen molar-refractivity contribution in [1.82, 2.24) is 0 Å². The van der Waals surface area contributed by atoms with E-state index in [4.69, 9.17) is 9.81 Å². The Morgan fingerprint density at radius 1 is 2.00 bits per heavy atom. The van der Waals surface area contributed by atoms with Crippen molar-refractivity contribution < 1.29 is 4.55 Å². The highest BCUT2D eigenvalue weighted by atomic mass is 32.2. The molecule has 0 radical (unpaired) electrons. The first-order valence-corrected chi connectivity index (χ1v) is 3.15.